The summed E-state index contributed by atoms with van der Waals surface area (Å²) >= 11 is 0. The van der Waals surface area contributed by atoms with Gasteiger partial charge in [-0.25, -0.2) is 0 Å². The Morgan fingerprint density at radius 2 is 1.89 bits per heavy atom. The summed E-state index contributed by atoms with van der Waals surface area (Å²) in [6, 6.07) is 2.30. The van der Waals surface area contributed by atoms with Crippen molar-refractivity contribution in [2.75, 3.05) is 26.7 Å². The SMILES string of the molecule is CCC(C)(C)NCC(C)N1CCC2CCC(C1)N2C. The van der Waals surface area contributed by atoms with Gasteiger partial charge in [0.2, 0.25) is 0 Å². The minimum atomic E-state index is 0.274. The fourth-order valence-electron chi connectivity index (χ4n) is 3.41. The molecule has 0 aromatic heterocycles. The summed E-state index contributed by atoms with van der Waals surface area (Å²) in [7, 11) is 2.33. The molecule has 2 aliphatic heterocycles. The molecule has 3 nitrogen and oxygen atoms in total. The third-order valence-corrected chi connectivity index (χ3v) is 5.56. The van der Waals surface area contributed by atoms with E-state index in [-0.39, 0.29) is 5.54 Å². The average molecular weight is 267 g/mol. The van der Waals surface area contributed by atoms with Gasteiger partial charge in [0.1, 0.15) is 0 Å². The van der Waals surface area contributed by atoms with Gasteiger partial charge in [-0.3, -0.25) is 9.80 Å². The van der Waals surface area contributed by atoms with E-state index in [1.54, 1.807) is 0 Å². The van der Waals surface area contributed by atoms with Crippen molar-refractivity contribution < 1.29 is 0 Å². The molecule has 0 radical (unpaired) electrons. The van der Waals surface area contributed by atoms with E-state index >= 15 is 0 Å². The molecule has 0 aliphatic carbocycles. The van der Waals surface area contributed by atoms with Crippen LogP contribution in [0.15, 0.2) is 0 Å². The molecule has 2 saturated heterocycles. The number of likely N-dealkylation sites (tertiary alicyclic amines) is 1. The predicted molar refractivity (Wildman–Crippen MR) is 82.6 cm³/mol. The van der Waals surface area contributed by atoms with Crippen molar-refractivity contribution in [1.82, 2.24) is 15.1 Å². The van der Waals surface area contributed by atoms with Gasteiger partial charge >= 0.3 is 0 Å². The Hall–Kier alpha value is -0.120. The lowest BCUT2D eigenvalue weighted by Crippen LogP contribution is -2.49. The summed E-state index contributed by atoms with van der Waals surface area (Å²) in [5.41, 5.74) is 0.274. The summed E-state index contributed by atoms with van der Waals surface area (Å²) in [5, 5.41) is 3.73. The molecule has 2 aliphatic rings. The maximum atomic E-state index is 3.73. The van der Waals surface area contributed by atoms with Crippen LogP contribution in [0.2, 0.25) is 0 Å². The molecule has 2 bridgehead atoms. The van der Waals surface area contributed by atoms with Crippen molar-refractivity contribution in [3.05, 3.63) is 0 Å². The van der Waals surface area contributed by atoms with Crippen LogP contribution >= 0.6 is 0 Å². The molecule has 2 rings (SSSR count). The second kappa shape index (κ2) is 6.11. The highest BCUT2D eigenvalue weighted by Gasteiger charge is 2.35. The van der Waals surface area contributed by atoms with Gasteiger partial charge in [-0.1, -0.05) is 6.92 Å². The van der Waals surface area contributed by atoms with Gasteiger partial charge in [-0.15, -0.1) is 0 Å². The lowest BCUT2D eigenvalue weighted by atomic mass is 10.0. The van der Waals surface area contributed by atoms with Gasteiger partial charge in [0.25, 0.3) is 0 Å². The molecule has 112 valence electrons. The van der Waals surface area contributed by atoms with Crippen LogP contribution in [0, 0.1) is 0 Å². The van der Waals surface area contributed by atoms with Gasteiger partial charge in [0, 0.05) is 43.3 Å². The molecule has 3 unspecified atom stereocenters. The molecule has 3 atom stereocenters. The van der Waals surface area contributed by atoms with Gasteiger partial charge in [0.05, 0.1) is 0 Å². The molecule has 2 heterocycles. The van der Waals surface area contributed by atoms with Crippen LogP contribution in [0.5, 0.6) is 0 Å². The van der Waals surface area contributed by atoms with Crippen molar-refractivity contribution in [3.63, 3.8) is 0 Å². The van der Waals surface area contributed by atoms with Gasteiger partial charge in [0.15, 0.2) is 0 Å². The zero-order valence-corrected chi connectivity index (χ0v) is 13.6. The lowest BCUT2D eigenvalue weighted by Gasteiger charge is -2.34. The van der Waals surface area contributed by atoms with Crippen LogP contribution in [0.3, 0.4) is 0 Å². The smallest absolute Gasteiger partial charge is 0.0223 e. The Bertz CT molecular complexity index is 290. The third kappa shape index (κ3) is 3.71. The molecule has 0 aromatic carbocycles. The average Bonchev–Trinajstić information content (AvgIpc) is 2.60. The van der Waals surface area contributed by atoms with Crippen molar-refractivity contribution in [2.24, 2.45) is 0 Å². The van der Waals surface area contributed by atoms with Gasteiger partial charge in [-0.2, -0.15) is 0 Å². The Morgan fingerprint density at radius 1 is 1.21 bits per heavy atom. The lowest BCUT2D eigenvalue weighted by molar-refractivity contribution is 0.169. The van der Waals surface area contributed by atoms with E-state index in [0.717, 1.165) is 18.6 Å². The second-order valence-electron chi connectivity index (χ2n) is 7.30. The topological polar surface area (TPSA) is 18.5 Å². The predicted octanol–water partition coefficient (Wildman–Crippen LogP) is 2.32. The number of rotatable bonds is 5. The molecule has 19 heavy (non-hydrogen) atoms. The van der Waals surface area contributed by atoms with Crippen molar-refractivity contribution in [3.8, 4) is 0 Å². The van der Waals surface area contributed by atoms with Crippen molar-refractivity contribution in [2.45, 2.75) is 77.0 Å². The molecule has 0 saturated carbocycles. The summed E-state index contributed by atoms with van der Waals surface area (Å²) in [5.74, 6) is 0. The monoisotopic (exact) mass is 267 g/mol. The molecule has 0 aromatic rings. The van der Waals surface area contributed by atoms with Crippen LogP contribution in [0.1, 0.15) is 53.4 Å². The van der Waals surface area contributed by atoms with E-state index in [1.807, 2.05) is 0 Å². The first-order valence-electron chi connectivity index (χ1n) is 8.14. The molecular weight excluding hydrogens is 234 g/mol. The molecule has 1 N–H and O–H groups in total. The standard InChI is InChI=1S/C16H33N3/c1-6-16(3,4)17-11-13(2)19-10-9-14-7-8-15(12-19)18(14)5/h13-15,17H,6-12H2,1-5H3. The fourth-order valence-corrected chi connectivity index (χ4v) is 3.41. The highest BCUT2D eigenvalue weighted by atomic mass is 15.3. The quantitative estimate of drug-likeness (QED) is 0.825. The Labute approximate surface area is 119 Å². The highest BCUT2D eigenvalue weighted by Crippen LogP contribution is 2.29. The van der Waals surface area contributed by atoms with E-state index < -0.39 is 0 Å². The second-order valence-corrected chi connectivity index (χ2v) is 7.30. The largest absolute Gasteiger partial charge is 0.310 e. The summed E-state index contributed by atoms with van der Waals surface area (Å²) in [6.07, 6.45) is 5.37. The Morgan fingerprint density at radius 3 is 2.58 bits per heavy atom. The van der Waals surface area contributed by atoms with Gasteiger partial charge in [-0.05, 0) is 53.5 Å². The van der Waals surface area contributed by atoms with Gasteiger partial charge < -0.3 is 5.32 Å². The molecule has 0 amide bonds. The molecule has 3 heteroatoms. The first-order valence-corrected chi connectivity index (χ1v) is 8.14. The maximum Gasteiger partial charge on any atom is 0.0223 e. The maximum absolute atomic E-state index is 3.73. The van der Waals surface area contributed by atoms with Crippen LogP contribution in [0.4, 0.5) is 0 Å². The first kappa shape index (κ1) is 15.3. The third-order valence-electron chi connectivity index (χ3n) is 5.56. The number of fused-ring (bicyclic) bond motifs is 2. The number of hydrogen-bond donors (Lipinski definition) is 1. The summed E-state index contributed by atoms with van der Waals surface area (Å²) in [6.45, 7) is 12.9. The van der Waals surface area contributed by atoms with E-state index in [0.29, 0.717) is 6.04 Å². The van der Waals surface area contributed by atoms with Crippen molar-refractivity contribution >= 4 is 0 Å². The van der Waals surface area contributed by atoms with E-state index in [2.05, 4.69) is 49.9 Å². The van der Waals surface area contributed by atoms with Crippen LogP contribution in [-0.2, 0) is 0 Å². The van der Waals surface area contributed by atoms with Crippen LogP contribution in [-0.4, -0.2) is 60.1 Å². The minimum absolute atomic E-state index is 0.274. The Kier molecular flexibility index (Phi) is 4.91. The summed E-state index contributed by atoms with van der Waals surface area (Å²) in [4.78, 5) is 5.34. The van der Waals surface area contributed by atoms with Crippen LogP contribution in [0.25, 0.3) is 0 Å². The Balaban J connectivity index is 1.84. The molecule has 2 fully saturated rings. The minimum Gasteiger partial charge on any atom is -0.310 e. The van der Waals surface area contributed by atoms with E-state index in [4.69, 9.17) is 0 Å². The molecular formula is C16H33N3. The number of nitrogens with one attached hydrogen (secondary N) is 1. The molecule has 0 spiro atoms. The fraction of sp³-hybridized carbons (Fsp3) is 1.00. The number of likely N-dealkylation sites (N-methyl/N-ethyl adjacent to an activating group) is 1. The summed E-state index contributed by atoms with van der Waals surface area (Å²) < 4.78 is 0. The van der Waals surface area contributed by atoms with Crippen molar-refractivity contribution in [1.29, 1.82) is 0 Å². The van der Waals surface area contributed by atoms with Crippen LogP contribution < -0.4 is 5.32 Å². The first-order chi connectivity index (χ1) is 8.93. The van der Waals surface area contributed by atoms with E-state index in [9.17, 15) is 0 Å². The normalized spacial score (nSPS) is 31.4. The van der Waals surface area contributed by atoms with E-state index in [1.165, 1.54) is 38.8 Å². The zero-order chi connectivity index (χ0) is 14.0. The number of nitrogens with zero attached hydrogens (tertiary/aromatic N) is 2. The number of hydrogen-bond acceptors (Lipinski definition) is 3. The highest BCUT2D eigenvalue weighted by molar-refractivity contribution is 4.92. The zero-order valence-electron chi connectivity index (χ0n) is 13.6.